The standard InChI is InChI=1S/C12H10BrNOS/c13-7-1-2-10-8(5-7)12(15)9-6-16-4-3-11(9)14-10/h1-2,5H,3-4,6H2,(H,14,15). The second kappa shape index (κ2) is 3.93. The highest BCUT2D eigenvalue weighted by Crippen LogP contribution is 2.24. The van der Waals surface area contributed by atoms with Gasteiger partial charge in [-0.05, 0) is 30.4 Å². The molecule has 1 aromatic carbocycles. The van der Waals surface area contributed by atoms with Gasteiger partial charge in [0.2, 0.25) is 0 Å². The molecule has 2 heterocycles. The van der Waals surface area contributed by atoms with E-state index in [1.54, 1.807) is 0 Å². The lowest BCUT2D eigenvalue weighted by molar-refractivity contribution is 1.00. The summed E-state index contributed by atoms with van der Waals surface area (Å²) in [6.07, 6.45) is 0.973. The molecule has 0 unspecified atom stereocenters. The molecular formula is C12H10BrNOS. The van der Waals surface area contributed by atoms with Crippen molar-refractivity contribution in [1.29, 1.82) is 0 Å². The predicted octanol–water partition coefficient (Wildman–Crippen LogP) is 3.08. The number of nitrogens with one attached hydrogen (secondary N) is 1. The van der Waals surface area contributed by atoms with Gasteiger partial charge in [-0.3, -0.25) is 4.79 Å². The van der Waals surface area contributed by atoms with E-state index in [9.17, 15) is 4.79 Å². The zero-order valence-electron chi connectivity index (χ0n) is 8.55. The van der Waals surface area contributed by atoms with Gasteiger partial charge in [0, 0.05) is 32.4 Å². The summed E-state index contributed by atoms with van der Waals surface area (Å²) in [7, 11) is 0. The van der Waals surface area contributed by atoms with Crippen LogP contribution in [0.15, 0.2) is 27.5 Å². The van der Waals surface area contributed by atoms with Crippen molar-refractivity contribution < 1.29 is 0 Å². The molecule has 0 atom stereocenters. The molecule has 0 aliphatic carbocycles. The number of pyridine rings is 1. The molecular weight excluding hydrogens is 286 g/mol. The Morgan fingerprint density at radius 3 is 3.12 bits per heavy atom. The normalized spacial score (nSPS) is 15.1. The second-order valence-electron chi connectivity index (χ2n) is 3.90. The summed E-state index contributed by atoms with van der Waals surface area (Å²) in [5.74, 6) is 1.94. The molecule has 2 nitrogen and oxygen atoms in total. The van der Waals surface area contributed by atoms with Crippen molar-refractivity contribution in [1.82, 2.24) is 4.98 Å². The zero-order chi connectivity index (χ0) is 11.1. The van der Waals surface area contributed by atoms with Crippen LogP contribution in [0.1, 0.15) is 11.3 Å². The smallest absolute Gasteiger partial charge is 0.193 e. The van der Waals surface area contributed by atoms with Crippen molar-refractivity contribution in [3.8, 4) is 0 Å². The summed E-state index contributed by atoms with van der Waals surface area (Å²) < 4.78 is 0.953. The molecule has 2 aromatic rings. The number of hydrogen-bond donors (Lipinski definition) is 1. The summed E-state index contributed by atoms with van der Waals surface area (Å²) in [4.78, 5) is 15.7. The van der Waals surface area contributed by atoms with Crippen LogP contribution in [0.2, 0.25) is 0 Å². The lowest BCUT2D eigenvalue weighted by Gasteiger charge is -2.15. The Morgan fingerprint density at radius 1 is 1.38 bits per heavy atom. The van der Waals surface area contributed by atoms with Crippen molar-refractivity contribution in [3.05, 3.63) is 44.2 Å². The maximum Gasteiger partial charge on any atom is 0.193 e. The number of hydrogen-bond acceptors (Lipinski definition) is 2. The third-order valence-electron chi connectivity index (χ3n) is 2.89. The summed E-state index contributed by atoms with van der Waals surface area (Å²) in [6.45, 7) is 0. The average Bonchev–Trinajstić information content (AvgIpc) is 2.31. The summed E-state index contributed by atoms with van der Waals surface area (Å²) >= 11 is 5.24. The van der Waals surface area contributed by atoms with Crippen LogP contribution in [-0.4, -0.2) is 10.7 Å². The number of aromatic nitrogens is 1. The Kier molecular flexibility index (Phi) is 2.56. The predicted molar refractivity (Wildman–Crippen MR) is 72.1 cm³/mol. The van der Waals surface area contributed by atoms with Crippen LogP contribution >= 0.6 is 27.7 Å². The molecule has 1 aliphatic rings. The number of fused-ring (bicyclic) bond motifs is 2. The highest BCUT2D eigenvalue weighted by Gasteiger charge is 2.15. The van der Waals surface area contributed by atoms with Crippen LogP contribution in [0.4, 0.5) is 0 Å². The van der Waals surface area contributed by atoms with E-state index in [0.29, 0.717) is 0 Å². The maximum absolute atomic E-state index is 12.3. The first-order valence-corrected chi connectivity index (χ1v) is 7.11. The average molecular weight is 296 g/mol. The number of halogens is 1. The van der Waals surface area contributed by atoms with Gasteiger partial charge in [0.05, 0.1) is 0 Å². The molecule has 1 aromatic heterocycles. The van der Waals surface area contributed by atoms with Crippen LogP contribution < -0.4 is 5.43 Å². The Morgan fingerprint density at radius 2 is 2.25 bits per heavy atom. The molecule has 3 rings (SSSR count). The van der Waals surface area contributed by atoms with Gasteiger partial charge in [0.25, 0.3) is 0 Å². The van der Waals surface area contributed by atoms with Gasteiger partial charge in [-0.2, -0.15) is 11.8 Å². The first-order valence-electron chi connectivity index (χ1n) is 5.17. The van der Waals surface area contributed by atoms with Gasteiger partial charge < -0.3 is 4.98 Å². The lowest BCUT2D eigenvalue weighted by atomic mass is 10.1. The molecule has 0 spiro atoms. The number of H-pyrrole nitrogens is 1. The van der Waals surface area contributed by atoms with E-state index < -0.39 is 0 Å². The maximum atomic E-state index is 12.3. The number of aromatic amines is 1. The van der Waals surface area contributed by atoms with E-state index in [0.717, 1.165) is 44.6 Å². The van der Waals surface area contributed by atoms with Crippen LogP contribution in [0.25, 0.3) is 10.9 Å². The molecule has 0 saturated carbocycles. The van der Waals surface area contributed by atoms with Crippen molar-refractivity contribution >= 4 is 38.6 Å². The minimum Gasteiger partial charge on any atom is -0.358 e. The Bertz CT molecular complexity index is 620. The summed E-state index contributed by atoms with van der Waals surface area (Å²) in [6, 6.07) is 5.82. The van der Waals surface area contributed by atoms with Crippen molar-refractivity contribution in [2.45, 2.75) is 12.2 Å². The van der Waals surface area contributed by atoms with Gasteiger partial charge >= 0.3 is 0 Å². The minimum atomic E-state index is 0.192. The number of benzene rings is 1. The first kappa shape index (κ1) is 10.4. The van der Waals surface area contributed by atoms with E-state index in [1.807, 2.05) is 30.0 Å². The fourth-order valence-electron chi connectivity index (χ4n) is 2.07. The summed E-state index contributed by atoms with van der Waals surface area (Å²) in [5, 5.41) is 0.788. The molecule has 0 bridgehead atoms. The van der Waals surface area contributed by atoms with E-state index in [-0.39, 0.29) is 5.43 Å². The minimum absolute atomic E-state index is 0.192. The van der Waals surface area contributed by atoms with E-state index >= 15 is 0 Å². The van der Waals surface area contributed by atoms with Gasteiger partial charge in [-0.15, -0.1) is 0 Å². The molecule has 0 radical (unpaired) electrons. The first-order chi connectivity index (χ1) is 7.75. The fraction of sp³-hybridized carbons (Fsp3) is 0.250. The van der Waals surface area contributed by atoms with Crippen molar-refractivity contribution in [2.75, 3.05) is 5.75 Å². The number of rotatable bonds is 0. The number of thioether (sulfide) groups is 1. The zero-order valence-corrected chi connectivity index (χ0v) is 11.0. The van der Waals surface area contributed by atoms with Gasteiger partial charge in [-0.1, -0.05) is 15.9 Å². The molecule has 82 valence electrons. The largest absolute Gasteiger partial charge is 0.358 e. The third-order valence-corrected chi connectivity index (χ3v) is 4.37. The van der Waals surface area contributed by atoms with E-state index in [1.165, 1.54) is 0 Å². The van der Waals surface area contributed by atoms with Crippen LogP contribution in [-0.2, 0) is 12.2 Å². The molecule has 0 amide bonds. The summed E-state index contributed by atoms with van der Waals surface area (Å²) in [5.41, 5.74) is 3.22. The van der Waals surface area contributed by atoms with Crippen LogP contribution in [0.5, 0.6) is 0 Å². The van der Waals surface area contributed by atoms with Gasteiger partial charge in [0.15, 0.2) is 5.43 Å². The van der Waals surface area contributed by atoms with Gasteiger partial charge in [0.1, 0.15) is 0 Å². The Hall–Kier alpha value is -0.740. The molecule has 16 heavy (non-hydrogen) atoms. The van der Waals surface area contributed by atoms with Crippen LogP contribution in [0.3, 0.4) is 0 Å². The molecule has 0 fully saturated rings. The van der Waals surface area contributed by atoms with Gasteiger partial charge in [-0.25, -0.2) is 0 Å². The second-order valence-corrected chi connectivity index (χ2v) is 5.92. The van der Waals surface area contributed by atoms with Crippen molar-refractivity contribution in [3.63, 3.8) is 0 Å². The molecule has 0 saturated heterocycles. The SMILES string of the molecule is O=c1c2c([nH]c3ccc(Br)cc13)CCSC2. The highest BCUT2D eigenvalue weighted by atomic mass is 79.9. The number of aryl methyl sites for hydroxylation is 1. The quantitative estimate of drug-likeness (QED) is 0.810. The molecule has 1 N–H and O–H groups in total. The van der Waals surface area contributed by atoms with E-state index in [4.69, 9.17) is 0 Å². The molecule has 4 heteroatoms. The Labute approximate surface area is 106 Å². The monoisotopic (exact) mass is 295 g/mol. The third kappa shape index (κ3) is 1.60. The lowest BCUT2D eigenvalue weighted by Crippen LogP contribution is -2.17. The topological polar surface area (TPSA) is 32.9 Å². The van der Waals surface area contributed by atoms with E-state index in [2.05, 4.69) is 20.9 Å². The Balaban J connectivity index is 2.40. The van der Waals surface area contributed by atoms with Crippen LogP contribution in [0, 0.1) is 0 Å². The highest BCUT2D eigenvalue weighted by molar-refractivity contribution is 9.10. The molecule has 1 aliphatic heterocycles. The van der Waals surface area contributed by atoms with Crippen molar-refractivity contribution in [2.24, 2.45) is 0 Å². The fourth-order valence-corrected chi connectivity index (χ4v) is 3.43.